The number of hydrogen-bond donors (Lipinski definition) is 3. The lowest BCUT2D eigenvalue weighted by Crippen LogP contribution is -2.36. The van der Waals surface area contributed by atoms with E-state index < -0.39 is 12.0 Å². The van der Waals surface area contributed by atoms with E-state index in [9.17, 15) is 9.59 Å². The maximum atomic E-state index is 11.8. The van der Waals surface area contributed by atoms with Crippen molar-refractivity contribution in [3.63, 3.8) is 0 Å². The highest BCUT2D eigenvalue weighted by molar-refractivity contribution is 5.85. The number of rotatable bonds is 5. The van der Waals surface area contributed by atoms with Crippen molar-refractivity contribution < 1.29 is 14.3 Å². The molecular weight excluding hydrogens is 282 g/mol. The Bertz CT molecular complexity index is 354. The second-order valence-corrected chi connectivity index (χ2v) is 5.59. The largest absolute Gasteiger partial charge is 0.367 e. The Morgan fingerprint density at radius 3 is 2.50 bits per heavy atom. The van der Waals surface area contributed by atoms with E-state index in [1.54, 1.807) is 0 Å². The fourth-order valence-corrected chi connectivity index (χ4v) is 2.92. The van der Waals surface area contributed by atoms with Crippen LogP contribution in [0.25, 0.3) is 0 Å². The van der Waals surface area contributed by atoms with E-state index in [0.717, 1.165) is 25.7 Å². The lowest BCUT2D eigenvalue weighted by atomic mass is 10.00. The van der Waals surface area contributed by atoms with Gasteiger partial charge in [-0.1, -0.05) is 6.42 Å². The molecule has 0 spiro atoms. The minimum atomic E-state index is -0.495. The van der Waals surface area contributed by atoms with Crippen molar-refractivity contribution in [1.82, 2.24) is 5.32 Å². The summed E-state index contributed by atoms with van der Waals surface area (Å²) in [5.74, 6) is -0.0953. The minimum Gasteiger partial charge on any atom is -0.367 e. The summed E-state index contributed by atoms with van der Waals surface area (Å²) in [7, 11) is 0. The van der Waals surface area contributed by atoms with Gasteiger partial charge in [-0.05, 0) is 31.6 Å². The monoisotopic (exact) mass is 305 g/mol. The highest BCUT2D eigenvalue weighted by Gasteiger charge is 2.30. The molecule has 0 aromatic heterocycles. The van der Waals surface area contributed by atoms with E-state index in [1.165, 1.54) is 0 Å². The lowest BCUT2D eigenvalue weighted by molar-refractivity contribution is -0.128. The summed E-state index contributed by atoms with van der Waals surface area (Å²) in [6, 6.07) is 0.160. The summed E-state index contributed by atoms with van der Waals surface area (Å²) in [5, 5.41) is 2.86. The molecule has 1 saturated carbocycles. The molecule has 2 rings (SSSR count). The topological polar surface area (TPSA) is 107 Å². The molecule has 7 heteroatoms. The molecule has 2 amide bonds. The first kappa shape index (κ1) is 17.2. The van der Waals surface area contributed by atoms with Gasteiger partial charge in [0, 0.05) is 19.0 Å². The number of ether oxygens (including phenoxy) is 1. The van der Waals surface area contributed by atoms with Crippen LogP contribution in [0.2, 0.25) is 0 Å². The van der Waals surface area contributed by atoms with Crippen LogP contribution in [0.4, 0.5) is 0 Å². The summed E-state index contributed by atoms with van der Waals surface area (Å²) in [5.41, 5.74) is 11.1. The Morgan fingerprint density at radius 2 is 1.95 bits per heavy atom. The van der Waals surface area contributed by atoms with Gasteiger partial charge < -0.3 is 21.5 Å². The first-order chi connectivity index (χ1) is 9.06. The quantitative estimate of drug-likeness (QED) is 0.668. The predicted molar refractivity (Wildman–Crippen MR) is 77.3 cm³/mol. The lowest BCUT2D eigenvalue weighted by Gasteiger charge is -2.16. The van der Waals surface area contributed by atoms with Crippen LogP contribution in [0.15, 0.2) is 0 Å². The molecule has 2 aliphatic rings. The Labute approximate surface area is 125 Å². The number of hydrogen-bond acceptors (Lipinski definition) is 4. The number of carbonyl (C=O) groups is 2. The van der Waals surface area contributed by atoms with Crippen LogP contribution in [0, 0.1) is 5.92 Å². The molecule has 0 aromatic carbocycles. The van der Waals surface area contributed by atoms with Gasteiger partial charge in [-0.3, -0.25) is 9.59 Å². The average Bonchev–Trinajstić information content (AvgIpc) is 2.97. The van der Waals surface area contributed by atoms with Gasteiger partial charge in [-0.2, -0.15) is 0 Å². The van der Waals surface area contributed by atoms with Crippen LogP contribution >= 0.6 is 12.4 Å². The van der Waals surface area contributed by atoms with E-state index >= 15 is 0 Å². The van der Waals surface area contributed by atoms with Crippen LogP contribution in [0.1, 0.15) is 38.5 Å². The van der Waals surface area contributed by atoms with Crippen molar-refractivity contribution in [3.8, 4) is 0 Å². The molecule has 1 saturated heterocycles. The number of amides is 2. The van der Waals surface area contributed by atoms with Gasteiger partial charge in [0.2, 0.25) is 11.8 Å². The Kier molecular flexibility index (Phi) is 6.71. The predicted octanol–water partition coefficient (Wildman–Crippen LogP) is 0.0748. The number of nitrogens with two attached hydrogens (primary N) is 2. The normalized spacial score (nSPS) is 32.6. The second kappa shape index (κ2) is 7.81. The number of primary amides is 1. The van der Waals surface area contributed by atoms with Gasteiger partial charge in [0.25, 0.3) is 0 Å². The van der Waals surface area contributed by atoms with Crippen molar-refractivity contribution in [2.45, 2.75) is 56.8 Å². The Balaban J connectivity index is 0.00000200. The minimum absolute atomic E-state index is 0. The molecular formula is C13H24ClN3O3. The molecule has 0 bridgehead atoms. The van der Waals surface area contributed by atoms with Crippen molar-refractivity contribution in [2.75, 3.05) is 6.54 Å². The summed E-state index contributed by atoms with van der Waals surface area (Å²) in [6.45, 7) is 0.449. The molecule has 4 atom stereocenters. The van der Waals surface area contributed by atoms with Crippen molar-refractivity contribution in [1.29, 1.82) is 0 Å². The SMILES string of the molecule is Cl.NC(=O)C1CCC(CNC(=O)C[C@@H]2CCC[C@H]2N)O1. The van der Waals surface area contributed by atoms with Crippen molar-refractivity contribution in [3.05, 3.63) is 0 Å². The van der Waals surface area contributed by atoms with Crippen molar-refractivity contribution in [2.24, 2.45) is 17.4 Å². The molecule has 1 aliphatic heterocycles. The molecule has 0 radical (unpaired) electrons. The third-order valence-electron chi connectivity index (χ3n) is 4.12. The summed E-state index contributed by atoms with van der Waals surface area (Å²) >= 11 is 0. The molecule has 20 heavy (non-hydrogen) atoms. The third kappa shape index (κ3) is 4.61. The zero-order valence-corrected chi connectivity index (χ0v) is 12.4. The Hall–Kier alpha value is -0.850. The van der Waals surface area contributed by atoms with Gasteiger partial charge in [0.15, 0.2) is 0 Å². The number of nitrogens with one attached hydrogen (secondary N) is 1. The standard InChI is InChI=1S/C13H23N3O3.ClH/c14-10-3-1-2-8(10)6-12(17)16-7-9-4-5-11(19-9)13(15)18;/h8-11H,1-7,14H2,(H2,15,18)(H,16,17);1H/t8-,9?,10+,11?;/m0./s1. The van der Waals surface area contributed by atoms with E-state index in [0.29, 0.717) is 25.3 Å². The first-order valence-corrected chi connectivity index (χ1v) is 7.03. The first-order valence-electron chi connectivity index (χ1n) is 7.03. The summed E-state index contributed by atoms with van der Waals surface area (Å²) < 4.78 is 5.45. The molecule has 0 aromatic rings. The van der Waals surface area contributed by atoms with E-state index in [-0.39, 0.29) is 30.5 Å². The van der Waals surface area contributed by atoms with Crippen LogP contribution < -0.4 is 16.8 Å². The highest BCUT2D eigenvalue weighted by atomic mass is 35.5. The van der Waals surface area contributed by atoms with Crippen LogP contribution in [-0.2, 0) is 14.3 Å². The summed E-state index contributed by atoms with van der Waals surface area (Å²) in [6.07, 6.45) is 4.48. The Morgan fingerprint density at radius 1 is 1.20 bits per heavy atom. The molecule has 6 nitrogen and oxygen atoms in total. The van der Waals surface area contributed by atoms with Gasteiger partial charge >= 0.3 is 0 Å². The van der Waals surface area contributed by atoms with E-state index in [4.69, 9.17) is 16.2 Å². The molecule has 2 unspecified atom stereocenters. The van der Waals surface area contributed by atoms with E-state index in [1.807, 2.05) is 0 Å². The fourth-order valence-electron chi connectivity index (χ4n) is 2.92. The van der Waals surface area contributed by atoms with Crippen LogP contribution in [0.5, 0.6) is 0 Å². The average molecular weight is 306 g/mol. The zero-order valence-electron chi connectivity index (χ0n) is 11.5. The summed E-state index contributed by atoms with van der Waals surface area (Å²) in [4.78, 5) is 22.8. The second-order valence-electron chi connectivity index (χ2n) is 5.59. The smallest absolute Gasteiger partial charge is 0.246 e. The maximum absolute atomic E-state index is 11.8. The molecule has 116 valence electrons. The van der Waals surface area contributed by atoms with Crippen LogP contribution in [0.3, 0.4) is 0 Å². The van der Waals surface area contributed by atoms with Crippen molar-refractivity contribution >= 4 is 24.2 Å². The van der Waals surface area contributed by atoms with Gasteiger partial charge in [0.1, 0.15) is 6.10 Å². The van der Waals surface area contributed by atoms with Crippen LogP contribution in [-0.4, -0.2) is 36.6 Å². The van der Waals surface area contributed by atoms with Gasteiger partial charge in [0.05, 0.1) is 6.10 Å². The maximum Gasteiger partial charge on any atom is 0.246 e. The molecule has 1 heterocycles. The van der Waals surface area contributed by atoms with Gasteiger partial charge in [-0.15, -0.1) is 12.4 Å². The van der Waals surface area contributed by atoms with E-state index in [2.05, 4.69) is 5.32 Å². The molecule has 1 aliphatic carbocycles. The molecule has 5 N–H and O–H groups in total. The fraction of sp³-hybridized carbons (Fsp3) is 0.846. The third-order valence-corrected chi connectivity index (χ3v) is 4.12. The van der Waals surface area contributed by atoms with Gasteiger partial charge in [-0.25, -0.2) is 0 Å². The number of halogens is 1. The molecule has 2 fully saturated rings. The zero-order chi connectivity index (χ0) is 13.8. The highest BCUT2D eigenvalue weighted by Crippen LogP contribution is 2.26. The number of carbonyl (C=O) groups excluding carboxylic acids is 2.